The van der Waals surface area contributed by atoms with Crippen LogP contribution in [0.3, 0.4) is 0 Å². The second-order valence-corrected chi connectivity index (χ2v) is 6.74. The van der Waals surface area contributed by atoms with Gasteiger partial charge in [-0.3, -0.25) is 0 Å². The summed E-state index contributed by atoms with van der Waals surface area (Å²) in [5.74, 6) is -1.11. The minimum absolute atomic E-state index is 0.0787. The molecule has 1 unspecified atom stereocenters. The average Bonchev–Trinajstić information content (AvgIpc) is 3.29. The molecule has 1 aliphatic rings. The number of carbonyl (C=O) groups is 1. The van der Waals surface area contributed by atoms with E-state index in [2.05, 4.69) is 10.1 Å². The van der Waals surface area contributed by atoms with Crippen LogP contribution in [0.5, 0.6) is 0 Å². The molecule has 0 bridgehead atoms. The molecule has 0 spiro atoms. The maximum absolute atomic E-state index is 14.2. The molecule has 1 aliphatic heterocycles. The first-order valence-corrected chi connectivity index (χ1v) is 8.54. The Morgan fingerprint density at radius 3 is 2.78 bits per heavy atom. The first-order chi connectivity index (χ1) is 12.9. The fourth-order valence-electron chi connectivity index (χ4n) is 3.31. The maximum Gasteiger partial charge on any atom is 0.340 e. The van der Waals surface area contributed by atoms with E-state index in [9.17, 15) is 13.6 Å². The summed E-state index contributed by atoms with van der Waals surface area (Å²) in [5, 5.41) is 6.74. The summed E-state index contributed by atoms with van der Waals surface area (Å²) in [7, 11) is 3.26. The third-order valence-corrected chi connectivity index (χ3v) is 4.69. The number of nitrogens with one attached hydrogen (secondary N) is 1. The lowest BCUT2D eigenvalue weighted by molar-refractivity contribution is 0.159. The van der Waals surface area contributed by atoms with E-state index in [1.165, 1.54) is 9.91 Å². The van der Waals surface area contributed by atoms with Crippen molar-refractivity contribution in [2.45, 2.75) is 12.5 Å². The normalized spacial score (nSPS) is 16.7. The van der Waals surface area contributed by atoms with Gasteiger partial charge in [0.1, 0.15) is 11.6 Å². The van der Waals surface area contributed by atoms with Crippen LogP contribution >= 0.6 is 0 Å². The molecule has 1 aromatic heterocycles. The van der Waals surface area contributed by atoms with Gasteiger partial charge in [-0.25, -0.2) is 18.6 Å². The van der Waals surface area contributed by atoms with Crippen LogP contribution in [0.15, 0.2) is 53.8 Å². The molecule has 0 saturated carbocycles. The van der Waals surface area contributed by atoms with Crippen molar-refractivity contribution in [3.05, 3.63) is 71.4 Å². The summed E-state index contributed by atoms with van der Waals surface area (Å²) in [6.45, 7) is 0. The highest BCUT2D eigenvalue weighted by Crippen LogP contribution is 2.35. The Morgan fingerprint density at radius 2 is 2.00 bits per heavy atom. The fourth-order valence-corrected chi connectivity index (χ4v) is 3.31. The Morgan fingerprint density at radius 1 is 1.19 bits per heavy atom. The number of urea groups is 1. The molecule has 7 heteroatoms. The number of aromatic nitrogens is 1. The number of benzene rings is 2. The minimum Gasteiger partial charge on any atom is -0.361 e. The van der Waals surface area contributed by atoms with Gasteiger partial charge in [-0.2, -0.15) is 5.10 Å². The molecular formula is C20H18F2N4O. The predicted molar refractivity (Wildman–Crippen MR) is 99.5 cm³/mol. The molecule has 0 saturated heterocycles. The standard InChI is InChI=1S/C20H18F2N4O/c1-25(2)20(27)26-19(13-4-3-12-7-8-23-17(12)9-13)11-18(24-26)15-10-14(21)5-6-16(15)22/h3-10,19,23H,11H2,1-2H3. The zero-order valence-electron chi connectivity index (χ0n) is 14.9. The predicted octanol–water partition coefficient (Wildman–Crippen LogP) is 4.28. The summed E-state index contributed by atoms with van der Waals surface area (Å²) in [6.07, 6.45) is 2.14. The van der Waals surface area contributed by atoms with Crippen molar-refractivity contribution in [2.75, 3.05) is 14.1 Å². The van der Waals surface area contributed by atoms with E-state index in [0.717, 1.165) is 34.7 Å². The Kier molecular flexibility index (Phi) is 4.14. The molecule has 3 aromatic rings. The van der Waals surface area contributed by atoms with Gasteiger partial charge in [0, 0.05) is 37.8 Å². The van der Waals surface area contributed by atoms with Crippen LogP contribution in [0.4, 0.5) is 13.6 Å². The number of aromatic amines is 1. The lowest BCUT2D eigenvalue weighted by atomic mass is 9.97. The summed E-state index contributed by atoms with van der Waals surface area (Å²) < 4.78 is 27.9. The van der Waals surface area contributed by atoms with Crippen LogP contribution in [0.25, 0.3) is 10.9 Å². The molecule has 2 heterocycles. The van der Waals surface area contributed by atoms with Crippen molar-refractivity contribution in [1.29, 1.82) is 0 Å². The number of carbonyl (C=O) groups excluding carboxylic acids is 1. The number of hydrazone groups is 1. The van der Waals surface area contributed by atoms with Crippen LogP contribution < -0.4 is 0 Å². The van der Waals surface area contributed by atoms with Gasteiger partial charge in [0.25, 0.3) is 0 Å². The van der Waals surface area contributed by atoms with E-state index in [4.69, 9.17) is 0 Å². The van der Waals surface area contributed by atoms with Crippen molar-refractivity contribution in [1.82, 2.24) is 14.9 Å². The van der Waals surface area contributed by atoms with Crippen LogP contribution in [0, 0.1) is 11.6 Å². The minimum atomic E-state index is -0.562. The van der Waals surface area contributed by atoms with Gasteiger partial charge < -0.3 is 9.88 Å². The maximum atomic E-state index is 14.2. The van der Waals surface area contributed by atoms with Crippen molar-refractivity contribution < 1.29 is 13.6 Å². The Bertz CT molecular complexity index is 1060. The van der Waals surface area contributed by atoms with Crippen LogP contribution in [-0.2, 0) is 0 Å². The molecule has 27 heavy (non-hydrogen) atoms. The third kappa shape index (κ3) is 3.05. The van der Waals surface area contributed by atoms with E-state index in [-0.39, 0.29) is 11.6 Å². The number of nitrogens with zero attached hydrogens (tertiary/aromatic N) is 3. The highest BCUT2D eigenvalue weighted by Gasteiger charge is 2.35. The van der Waals surface area contributed by atoms with Crippen molar-refractivity contribution in [2.24, 2.45) is 5.10 Å². The quantitative estimate of drug-likeness (QED) is 0.721. The topological polar surface area (TPSA) is 51.7 Å². The van der Waals surface area contributed by atoms with Gasteiger partial charge in [-0.05, 0) is 41.3 Å². The van der Waals surface area contributed by atoms with E-state index in [0.29, 0.717) is 12.1 Å². The van der Waals surface area contributed by atoms with Gasteiger partial charge in [-0.1, -0.05) is 12.1 Å². The van der Waals surface area contributed by atoms with Gasteiger partial charge in [0.05, 0.1) is 11.8 Å². The lowest BCUT2D eigenvalue weighted by Gasteiger charge is -2.25. The summed E-state index contributed by atoms with van der Waals surface area (Å²) in [5.41, 5.74) is 2.24. The number of rotatable bonds is 2. The van der Waals surface area contributed by atoms with Gasteiger partial charge >= 0.3 is 6.03 Å². The smallest absolute Gasteiger partial charge is 0.340 e. The van der Waals surface area contributed by atoms with Gasteiger partial charge in [0.15, 0.2) is 0 Å². The average molecular weight is 368 g/mol. The van der Waals surface area contributed by atoms with Crippen molar-refractivity contribution >= 4 is 22.6 Å². The number of hydrogen-bond donors (Lipinski definition) is 1. The first kappa shape index (κ1) is 17.2. The number of hydrogen-bond acceptors (Lipinski definition) is 2. The van der Waals surface area contributed by atoms with Crippen LogP contribution in [-0.4, -0.2) is 40.7 Å². The number of halogens is 2. The highest BCUT2D eigenvalue weighted by molar-refractivity contribution is 6.03. The van der Waals surface area contributed by atoms with E-state index >= 15 is 0 Å². The number of fused-ring (bicyclic) bond motifs is 1. The monoisotopic (exact) mass is 368 g/mol. The largest absolute Gasteiger partial charge is 0.361 e. The van der Waals surface area contributed by atoms with Crippen LogP contribution in [0.2, 0.25) is 0 Å². The zero-order chi connectivity index (χ0) is 19.1. The van der Waals surface area contributed by atoms with Crippen molar-refractivity contribution in [3.8, 4) is 0 Å². The molecule has 1 N–H and O–H groups in total. The molecule has 1 atom stereocenters. The number of H-pyrrole nitrogens is 1. The number of amides is 2. The molecule has 0 radical (unpaired) electrons. The zero-order valence-corrected chi connectivity index (χ0v) is 14.9. The van der Waals surface area contributed by atoms with Crippen molar-refractivity contribution in [3.63, 3.8) is 0 Å². The Labute approximate surface area is 154 Å². The lowest BCUT2D eigenvalue weighted by Crippen LogP contribution is -2.36. The molecule has 0 aliphatic carbocycles. The molecule has 4 rings (SSSR count). The highest BCUT2D eigenvalue weighted by atomic mass is 19.1. The third-order valence-electron chi connectivity index (χ3n) is 4.69. The Hall–Kier alpha value is -3.22. The molecule has 138 valence electrons. The molecular weight excluding hydrogens is 350 g/mol. The fraction of sp³-hybridized carbons (Fsp3) is 0.200. The summed E-state index contributed by atoms with van der Waals surface area (Å²) in [6, 6.07) is 10.3. The molecule has 5 nitrogen and oxygen atoms in total. The second kappa shape index (κ2) is 6.50. The van der Waals surface area contributed by atoms with E-state index in [1.807, 2.05) is 30.5 Å². The molecule has 2 amide bonds. The summed E-state index contributed by atoms with van der Waals surface area (Å²) >= 11 is 0. The first-order valence-electron chi connectivity index (χ1n) is 8.54. The van der Waals surface area contributed by atoms with E-state index in [1.54, 1.807) is 14.1 Å². The summed E-state index contributed by atoms with van der Waals surface area (Å²) in [4.78, 5) is 17.2. The van der Waals surface area contributed by atoms with E-state index < -0.39 is 17.7 Å². The molecule has 2 aromatic carbocycles. The van der Waals surface area contributed by atoms with Gasteiger partial charge in [-0.15, -0.1) is 0 Å². The SMILES string of the molecule is CN(C)C(=O)N1N=C(c2cc(F)ccc2F)CC1c1ccc2cc[nH]c2c1. The van der Waals surface area contributed by atoms with Crippen LogP contribution in [0.1, 0.15) is 23.6 Å². The second-order valence-electron chi connectivity index (χ2n) is 6.74. The van der Waals surface area contributed by atoms with Gasteiger partial charge in [0.2, 0.25) is 0 Å². The Balaban J connectivity index is 1.77. The molecule has 0 fully saturated rings.